The van der Waals surface area contributed by atoms with Crippen molar-refractivity contribution >= 4 is 58.0 Å². The van der Waals surface area contributed by atoms with Crippen LogP contribution in [0.25, 0.3) is 5.65 Å². The second kappa shape index (κ2) is 9.03. The van der Waals surface area contributed by atoms with Crippen LogP contribution in [0.15, 0.2) is 30.5 Å². The molecule has 1 aromatic carbocycles. The van der Waals surface area contributed by atoms with Crippen LogP contribution >= 0.6 is 34.8 Å². The zero-order valence-electron chi connectivity index (χ0n) is 15.9. The van der Waals surface area contributed by atoms with E-state index in [9.17, 15) is 9.59 Å². The summed E-state index contributed by atoms with van der Waals surface area (Å²) in [6, 6.07) is 6.80. The number of rotatable bonds is 6. The summed E-state index contributed by atoms with van der Waals surface area (Å²) >= 11 is 17.9. The van der Waals surface area contributed by atoms with Crippen LogP contribution in [0.1, 0.15) is 34.6 Å². The fourth-order valence-electron chi connectivity index (χ4n) is 2.96. The molecule has 152 valence electrons. The number of carbonyl (C=O) groups is 2. The Morgan fingerprint density at radius 1 is 1.10 bits per heavy atom. The van der Waals surface area contributed by atoms with E-state index in [2.05, 4.69) is 15.6 Å². The summed E-state index contributed by atoms with van der Waals surface area (Å²) in [4.78, 5) is 29.2. The molecule has 0 aliphatic heterocycles. The molecule has 2 amide bonds. The van der Waals surface area contributed by atoms with Crippen molar-refractivity contribution < 1.29 is 9.59 Å². The Morgan fingerprint density at radius 3 is 2.59 bits per heavy atom. The minimum absolute atomic E-state index is 0.210. The third-order valence-corrected chi connectivity index (χ3v) is 5.42. The molecule has 29 heavy (non-hydrogen) atoms. The summed E-state index contributed by atoms with van der Waals surface area (Å²) in [5.41, 5.74) is 3.30. The summed E-state index contributed by atoms with van der Waals surface area (Å²) in [5, 5.41) is 6.46. The molecule has 0 atom stereocenters. The molecule has 0 aliphatic rings. The van der Waals surface area contributed by atoms with Gasteiger partial charge in [-0.1, -0.05) is 40.9 Å². The molecule has 2 heterocycles. The number of hydrogen-bond acceptors (Lipinski definition) is 3. The van der Waals surface area contributed by atoms with Gasteiger partial charge in [-0.15, -0.1) is 0 Å². The normalized spacial score (nSPS) is 10.9. The number of aromatic nitrogens is 2. The molecule has 3 aromatic rings. The van der Waals surface area contributed by atoms with Gasteiger partial charge in [-0.05, 0) is 44.0 Å². The van der Waals surface area contributed by atoms with Gasteiger partial charge in [0.2, 0.25) is 5.91 Å². The van der Waals surface area contributed by atoms with Gasteiger partial charge in [0.25, 0.3) is 5.91 Å². The molecule has 0 saturated heterocycles. The number of nitrogens with zero attached hydrogens (tertiary/aromatic N) is 2. The van der Waals surface area contributed by atoms with E-state index in [0.717, 1.165) is 11.2 Å². The largest absolute Gasteiger partial charge is 0.351 e. The summed E-state index contributed by atoms with van der Waals surface area (Å²) in [6.07, 6.45) is 2.49. The van der Waals surface area contributed by atoms with E-state index >= 15 is 0 Å². The maximum Gasteiger partial charge on any atom is 0.270 e. The molecule has 0 bridgehead atoms. The number of benzene rings is 1. The number of halogens is 3. The lowest BCUT2D eigenvalue weighted by atomic mass is 10.2. The summed E-state index contributed by atoms with van der Waals surface area (Å²) in [6.45, 7) is 4.10. The van der Waals surface area contributed by atoms with Gasteiger partial charge < -0.3 is 10.6 Å². The number of fused-ring (bicyclic) bond motifs is 1. The van der Waals surface area contributed by atoms with Gasteiger partial charge in [0.15, 0.2) is 0 Å². The number of pyridine rings is 1. The lowest BCUT2D eigenvalue weighted by molar-refractivity contribution is -0.116. The number of nitrogens with one attached hydrogen (secondary N) is 2. The van der Waals surface area contributed by atoms with Crippen LogP contribution in [0, 0.1) is 13.8 Å². The van der Waals surface area contributed by atoms with Crippen molar-refractivity contribution in [2.45, 2.75) is 26.7 Å². The predicted octanol–water partition coefficient (Wildman–Crippen LogP) is 5.06. The topological polar surface area (TPSA) is 75.5 Å². The first-order valence-corrected chi connectivity index (χ1v) is 10.1. The van der Waals surface area contributed by atoms with E-state index in [0.29, 0.717) is 45.1 Å². The quantitative estimate of drug-likeness (QED) is 0.404. The first kappa shape index (κ1) is 21.4. The van der Waals surface area contributed by atoms with E-state index in [-0.39, 0.29) is 18.2 Å². The summed E-state index contributed by atoms with van der Waals surface area (Å²) < 4.78 is 1.78. The number of amides is 2. The van der Waals surface area contributed by atoms with Crippen LogP contribution in [-0.4, -0.2) is 27.7 Å². The highest BCUT2D eigenvalue weighted by Crippen LogP contribution is 2.32. The van der Waals surface area contributed by atoms with E-state index < -0.39 is 0 Å². The predicted molar refractivity (Wildman–Crippen MR) is 116 cm³/mol. The van der Waals surface area contributed by atoms with Crippen LogP contribution in [0.3, 0.4) is 0 Å². The Morgan fingerprint density at radius 2 is 1.83 bits per heavy atom. The third-order valence-electron chi connectivity index (χ3n) is 4.38. The average molecular weight is 454 g/mol. The van der Waals surface area contributed by atoms with Crippen molar-refractivity contribution in [2.24, 2.45) is 0 Å². The first-order chi connectivity index (χ1) is 13.8. The molecular formula is C20H19Cl3N4O2. The van der Waals surface area contributed by atoms with Gasteiger partial charge in [0.05, 0.1) is 26.4 Å². The second-order valence-electron chi connectivity index (χ2n) is 6.58. The van der Waals surface area contributed by atoms with Gasteiger partial charge in [0, 0.05) is 19.2 Å². The molecule has 3 rings (SSSR count). The molecule has 2 N–H and O–H groups in total. The van der Waals surface area contributed by atoms with E-state index in [1.54, 1.807) is 11.3 Å². The Balaban J connectivity index is 1.54. The Hall–Kier alpha value is -2.28. The minimum Gasteiger partial charge on any atom is -0.351 e. The van der Waals surface area contributed by atoms with Crippen molar-refractivity contribution in [1.82, 2.24) is 14.7 Å². The van der Waals surface area contributed by atoms with Crippen molar-refractivity contribution in [3.05, 3.63) is 62.5 Å². The average Bonchev–Trinajstić information content (AvgIpc) is 3.00. The van der Waals surface area contributed by atoms with Gasteiger partial charge >= 0.3 is 0 Å². The lowest BCUT2D eigenvalue weighted by Gasteiger charge is -2.09. The summed E-state index contributed by atoms with van der Waals surface area (Å²) in [5.74, 6) is -0.463. The minimum atomic E-state index is -0.235. The van der Waals surface area contributed by atoms with E-state index in [1.165, 1.54) is 12.1 Å². The fourth-order valence-corrected chi connectivity index (χ4v) is 3.55. The highest BCUT2D eigenvalue weighted by Gasteiger charge is 2.17. The van der Waals surface area contributed by atoms with Gasteiger partial charge in [-0.2, -0.15) is 0 Å². The van der Waals surface area contributed by atoms with Crippen LogP contribution in [-0.2, 0) is 4.79 Å². The maximum atomic E-state index is 12.6. The molecule has 2 aromatic heterocycles. The molecular weight excluding hydrogens is 435 g/mol. The lowest BCUT2D eigenvalue weighted by Crippen LogP contribution is -2.27. The molecule has 0 unspecified atom stereocenters. The molecule has 9 heteroatoms. The smallest absolute Gasteiger partial charge is 0.270 e. The number of carbonyl (C=O) groups excluding carboxylic acids is 2. The molecule has 0 aliphatic carbocycles. The molecule has 0 spiro atoms. The highest BCUT2D eigenvalue weighted by atomic mass is 35.5. The molecule has 0 fully saturated rings. The number of imidazole rings is 1. The molecule has 6 nitrogen and oxygen atoms in total. The van der Waals surface area contributed by atoms with Crippen LogP contribution < -0.4 is 10.6 Å². The highest BCUT2D eigenvalue weighted by molar-refractivity contribution is 6.44. The standard InChI is InChI=1S/C20H19Cl3N4O2/c1-11-5-4-8-27-18(12(2)25-19(11)27)20(29)24-7-3-6-17(28)26-16-10-14(22)13(21)9-15(16)23/h4-5,8-10H,3,6-7H2,1-2H3,(H,24,29)(H,26,28). The Kier molecular flexibility index (Phi) is 6.67. The van der Waals surface area contributed by atoms with Crippen molar-refractivity contribution in [3.8, 4) is 0 Å². The van der Waals surface area contributed by atoms with Crippen molar-refractivity contribution in [1.29, 1.82) is 0 Å². The van der Waals surface area contributed by atoms with Gasteiger partial charge in [0.1, 0.15) is 11.3 Å². The summed E-state index contributed by atoms with van der Waals surface area (Å²) in [7, 11) is 0. The van der Waals surface area contributed by atoms with Crippen LogP contribution in [0.4, 0.5) is 5.69 Å². The Bertz CT molecular complexity index is 1100. The number of hydrogen-bond donors (Lipinski definition) is 2. The van der Waals surface area contributed by atoms with Gasteiger partial charge in [-0.25, -0.2) is 4.98 Å². The van der Waals surface area contributed by atoms with E-state index in [4.69, 9.17) is 34.8 Å². The maximum absolute atomic E-state index is 12.6. The number of aryl methyl sites for hydroxylation is 2. The van der Waals surface area contributed by atoms with Gasteiger partial charge in [-0.3, -0.25) is 14.0 Å². The zero-order valence-corrected chi connectivity index (χ0v) is 18.1. The van der Waals surface area contributed by atoms with Crippen LogP contribution in [0.2, 0.25) is 15.1 Å². The molecule has 0 saturated carbocycles. The third kappa shape index (κ3) is 4.83. The second-order valence-corrected chi connectivity index (χ2v) is 7.81. The van der Waals surface area contributed by atoms with Crippen LogP contribution in [0.5, 0.6) is 0 Å². The zero-order chi connectivity index (χ0) is 21.1. The first-order valence-electron chi connectivity index (χ1n) is 8.94. The van der Waals surface area contributed by atoms with Crippen molar-refractivity contribution in [3.63, 3.8) is 0 Å². The SMILES string of the molecule is Cc1nc2c(C)cccn2c1C(=O)NCCCC(=O)Nc1cc(Cl)c(Cl)cc1Cl. The monoisotopic (exact) mass is 452 g/mol. The number of anilines is 1. The fraction of sp³-hybridized carbons (Fsp3) is 0.250. The van der Waals surface area contributed by atoms with E-state index in [1.807, 2.05) is 25.3 Å². The molecule has 0 radical (unpaired) electrons. The Labute approximate surface area is 183 Å². The van der Waals surface area contributed by atoms with Crippen molar-refractivity contribution in [2.75, 3.05) is 11.9 Å².